The summed E-state index contributed by atoms with van der Waals surface area (Å²) in [5.74, 6) is 0.623. The van der Waals surface area contributed by atoms with E-state index in [9.17, 15) is 9.59 Å². The molecule has 0 radical (unpaired) electrons. The summed E-state index contributed by atoms with van der Waals surface area (Å²) in [5, 5.41) is 0. The molecule has 1 aliphatic rings. The van der Waals surface area contributed by atoms with Gasteiger partial charge in [-0.2, -0.15) is 0 Å². The normalized spacial score (nSPS) is 17.1. The van der Waals surface area contributed by atoms with Crippen molar-refractivity contribution in [2.45, 2.75) is 64.3 Å². The molecule has 132 valence electrons. The first kappa shape index (κ1) is 18.7. The lowest BCUT2D eigenvalue weighted by atomic mass is 9.75. The summed E-state index contributed by atoms with van der Waals surface area (Å²) in [6.07, 6.45) is 6.47. The molecule has 4 heteroatoms. The minimum atomic E-state index is -0.309. The van der Waals surface area contributed by atoms with E-state index in [1.807, 2.05) is 18.2 Å². The maximum absolute atomic E-state index is 11.8. The summed E-state index contributed by atoms with van der Waals surface area (Å²) in [6, 6.07) is 7.81. The van der Waals surface area contributed by atoms with Gasteiger partial charge in [-0.05, 0) is 50.6 Å². The zero-order valence-electron chi connectivity index (χ0n) is 15.1. The largest absolute Gasteiger partial charge is 0.427 e. The van der Waals surface area contributed by atoms with E-state index in [4.69, 9.17) is 4.74 Å². The molecule has 1 aromatic rings. The van der Waals surface area contributed by atoms with Gasteiger partial charge in [-0.3, -0.25) is 14.5 Å². The number of Topliss-reactive ketones (excluding diaryl/α,β-unsaturated/α-hetero) is 1. The summed E-state index contributed by atoms with van der Waals surface area (Å²) in [4.78, 5) is 25.4. The van der Waals surface area contributed by atoms with Gasteiger partial charge in [0, 0.05) is 25.3 Å². The zero-order valence-corrected chi connectivity index (χ0v) is 15.1. The Balaban J connectivity index is 2.28. The molecule has 0 atom stereocenters. The molecule has 0 saturated heterocycles. The zero-order chi connectivity index (χ0) is 17.6. The van der Waals surface area contributed by atoms with Crippen LogP contribution in [0.1, 0.15) is 64.4 Å². The molecule has 4 nitrogen and oxygen atoms in total. The topological polar surface area (TPSA) is 46.6 Å². The Morgan fingerprint density at radius 3 is 2.58 bits per heavy atom. The van der Waals surface area contributed by atoms with Crippen molar-refractivity contribution in [1.82, 2.24) is 4.90 Å². The van der Waals surface area contributed by atoms with Crippen LogP contribution in [0.5, 0.6) is 5.75 Å². The number of ether oxygens (including phenoxy) is 1. The van der Waals surface area contributed by atoms with Crippen LogP contribution in [0.4, 0.5) is 0 Å². The predicted molar refractivity (Wildman–Crippen MR) is 95.1 cm³/mol. The Morgan fingerprint density at radius 1 is 1.25 bits per heavy atom. The average molecular weight is 331 g/mol. The summed E-state index contributed by atoms with van der Waals surface area (Å²) in [5.41, 5.74) is 1.01. The maximum atomic E-state index is 11.8. The number of esters is 1. The summed E-state index contributed by atoms with van der Waals surface area (Å²) < 4.78 is 5.27. The summed E-state index contributed by atoms with van der Waals surface area (Å²) in [7, 11) is 2.16. The number of carbonyl (C=O) groups is 2. The molecule has 0 aromatic heterocycles. The van der Waals surface area contributed by atoms with Gasteiger partial charge in [0.1, 0.15) is 11.5 Å². The maximum Gasteiger partial charge on any atom is 0.308 e. The molecule has 0 unspecified atom stereocenters. The number of rotatable bonds is 7. The van der Waals surface area contributed by atoms with Gasteiger partial charge in [0.15, 0.2) is 0 Å². The second-order valence-electron chi connectivity index (χ2n) is 6.82. The fraction of sp³-hybridized carbons (Fsp3) is 0.600. The van der Waals surface area contributed by atoms with Crippen molar-refractivity contribution in [1.29, 1.82) is 0 Å². The Kier molecular flexibility index (Phi) is 6.55. The summed E-state index contributed by atoms with van der Waals surface area (Å²) >= 11 is 0. The first-order valence-corrected chi connectivity index (χ1v) is 9.00. The smallest absolute Gasteiger partial charge is 0.308 e. The van der Waals surface area contributed by atoms with Crippen molar-refractivity contribution in [3.8, 4) is 5.75 Å². The van der Waals surface area contributed by atoms with E-state index in [1.165, 1.54) is 19.8 Å². The highest BCUT2D eigenvalue weighted by atomic mass is 16.5. The molecule has 0 bridgehead atoms. The molecule has 0 heterocycles. The molecule has 2 rings (SSSR count). The fourth-order valence-electron chi connectivity index (χ4n) is 3.66. The van der Waals surface area contributed by atoms with Gasteiger partial charge in [0.25, 0.3) is 0 Å². The van der Waals surface area contributed by atoms with Crippen LogP contribution in [0.15, 0.2) is 24.3 Å². The van der Waals surface area contributed by atoms with Gasteiger partial charge >= 0.3 is 5.97 Å². The van der Waals surface area contributed by atoms with Crippen LogP contribution in [0.25, 0.3) is 0 Å². The number of hydrogen-bond donors (Lipinski definition) is 0. The van der Waals surface area contributed by atoms with E-state index in [0.29, 0.717) is 24.4 Å². The van der Waals surface area contributed by atoms with Gasteiger partial charge in [-0.15, -0.1) is 0 Å². The van der Waals surface area contributed by atoms with E-state index in [1.54, 1.807) is 0 Å². The van der Waals surface area contributed by atoms with Crippen LogP contribution in [-0.4, -0.2) is 30.2 Å². The number of carbonyl (C=O) groups excluding carboxylic acids is 2. The molecule has 1 aromatic carbocycles. The second-order valence-corrected chi connectivity index (χ2v) is 6.82. The highest BCUT2D eigenvalue weighted by molar-refractivity contribution is 5.79. The van der Waals surface area contributed by atoms with Crippen LogP contribution >= 0.6 is 0 Å². The third-order valence-corrected chi connectivity index (χ3v) is 5.10. The van der Waals surface area contributed by atoms with Crippen LogP contribution in [-0.2, 0) is 15.1 Å². The number of ketones is 1. The van der Waals surface area contributed by atoms with E-state index in [0.717, 1.165) is 31.4 Å². The van der Waals surface area contributed by atoms with Crippen molar-refractivity contribution in [3.05, 3.63) is 29.8 Å². The van der Waals surface area contributed by atoms with E-state index >= 15 is 0 Å². The molecule has 1 saturated carbocycles. The summed E-state index contributed by atoms with van der Waals surface area (Å²) in [6.45, 7) is 4.63. The van der Waals surface area contributed by atoms with Crippen LogP contribution in [0.2, 0.25) is 0 Å². The number of unbranched alkanes of at least 4 members (excludes halogenated alkanes) is 2. The van der Waals surface area contributed by atoms with Crippen molar-refractivity contribution < 1.29 is 14.3 Å². The lowest BCUT2D eigenvalue weighted by Gasteiger charge is -2.45. The molecule has 0 N–H and O–H groups in total. The van der Waals surface area contributed by atoms with E-state index in [-0.39, 0.29) is 11.5 Å². The van der Waals surface area contributed by atoms with Gasteiger partial charge in [0.2, 0.25) is 0 Å². The molecule has 0 amide bonds. The average Bonchev–Trinajstić information content (AvgIpc) is 2.55. The quantitative estimate of drug-likeness (QED) is 0.429. The van der Waals surface area contributed by atoms with Crippen molar-refractivity contribution in [2.24, 2.45) is 0 Å². The third-order valence-electron chi connectivity index (χ3n) is 5.10. The highest BCUT2D eigenvalue weighted by Gasteiger charge is 2.39. The van der Waals surface area contributed by atoms with Gasteiger partial charge in [-0.1, -0.05) is 31.9 Å². The minimum absolute atomic E-state index is 0.141. The highest BCUT2D eigenvalue weighted by Crippen LogP contribution is 2.41. The number of hydrogen-bond acceptors (Lipinski definition) is 4. The van der Waals surface area contributed by atoms with E-state index in [2.05, 4.69) is 24.9 Å². The van der Waals surface area contributed by atoms with Crippen LogP contribution < -0.4 is 4.74 Å². The standard InChI is InChI=1S/C20H29NO3/c1-4-5-6-14-21(3)20(12-10-18(23)11-13-20)17-8-7-9-19(15-17)24-16(2)22/h7-9,15H,4-6,10-14H2,1-3H3. The van der Waals surface area contributed by atoms with Gasteiger partial charge in [-0.25, -0.2) is 0 Å². The molecule has 1 aliphatic carbocycles. The third kappa shape index (κ3) is 4.44. The Morgan fingerprint density at radius 2 is 1.96 bits per heavy atom. The molecular weight excluding hydrogens is 302 g/mol. The van der Waals surface area contributed by atoms with Gasteiger partial charge < -0.3 is 4.74 Å². The predicted octanol–water partition coefficient (Wildman–Crippen LogP) is 4.07. The first-order chi connectivity index (χ1) is 11.5. The van der Waals surface area contributed by atoms with Crippen LogP contribution in [0.3, 0.4) is 0 Å². The van der Waals surface area contributed by atoms with Crippen LogP contribution in [0, 0.1) is 0 Å². The Labute approximate surface area is 145 Å². The minimum Gasteiger partial charge on any atom is -0.427 e. The molecule has 0 spiro atoms. The second kappa shape index (κ2) is 8.43. The Hall–Kier alpha value is -1.68. The molecule has 24 heavy (non-hydrogen) atoms. The number of benzene rings is 1. The van der Waals surface area contributed by atoms with Crippen molar-refractivity contribution in [2.75, 3.05) is 13.6 Å². The lowest BCUT2D eigenvalue weighted by Crippen LogP contribution is -2.47. The SMILES string of the molecule is CCCCCN(C)C1(c2cccc(OC(C)=O)c2)CCC(=O)CC1. The van der Waals surface area contributed by atoms with Crippen molar-refractivity contribution >= 4 is 11.8 Å². The molecule has 0 aliphatic heterocycles. The number of nitrogens with zero attached hydrogens (tertiary/aromatic N) is 1. The van der Waals surface area contributed by atoms with Crippen molar-refractivity contribution in [3.63, 3.8) is 0 Å². The fourth-order valence-corrected chi connectivity index (χ4v) is 3.66. The van der Waals surface area contributed by atoms with Gasteiger partial charge in [0.05, 0.1) is 0 Å². The monoisotopic (exact) mass is 331 g/mol. The lowest BCUT2D eigenvalue weighted by molar-refractivity contribution is -0.131. The van der Waals surface area contributed by atoms with E-state index < -0.39 is 0 Å². The molecule has 1 fully saturated rings. The molecular formula is C20H29NO3. The Bertz CT molecular complexity index is 572. The first-order valence-electron chi connectivity index (χ1n) is 9.00.